The Morgan fingerprint density at radius 3 is 2.50 bits per heavy atom. The fraction of sp³-hybridized carbons (Fsp3) is 0.158. The molecule has 0 saturated carbocycles. The van der Waals surface area contributed by atoms with Crippen LogP contribution in [0.2, 0.25) is 0 Å². The number of fused-ring (bicyclic) bond motifs is 2. The molecule has 0 fully saturated rings. The fourth-order valence-electron chi connectivity index (χ4n) is 3.10. The minimum absolute atomic E-state index is 0.0940. The third-order valence-corrected chi connectivity index (χ3v) is 4.23. The highest BCUT2D eigenvalue weighted by Crippen LogP contribution is 2.24. The predicted molar refractivity (Wildman–Crippen MR) is 85.1 cm³/mol. The Morgan fingerprint density at radius 2 is 1.64 bits per heavy atom. The molecular weight excluding hydrogens is 272 g/mol. The number of aromatic nitrogens is 2. The van der Waals surface area contributed by atoms with Crippen LogP contribution in [0, 0.1) is 0 Å². The van der Waals surface area contributed by atoms with Gasteiger partial charge >= 0.3 is 0 Å². The average molecular weight is 288 g/mol. The highest BCUT2D eigenvalue weighted by Gasteiger charge is 2.25. The predicted octanol–water partition coefficient (Wildman–Crippen LogP) is 3.26. The van der Waals surface area contributed by atoms with E-state index in [9.17, 15) is 4.79 Å². The molecule has 0 spiro atoms. The van der Waals surface area contributed by atoms with Gasteiger partial charge in [0, 0.05) is 11.1 Å². The van der Waals surface area contributed by atoms with Gasteiger partial charge in [0.2, 0.25) is 5.78 Å². The van der Waals surface area contributed by atoms with E-state index in [1.165, 1.54) is 0 Å². The van der Waals surface area contributed by atoms with Crippen molar-refractivity contribution in [2.24, 2.45) is 0 Å². The smallest absolute Gasteiger partial charge is 0.211 e. The molecule has 3 heteroatoms. The largest absolute Gasteiger partial charge is 0.287 e. The maximum absolute atomic E-state index is 12.9. The summed E-state index contributed by atoms with van der Waals surface area (Å²) in [6, 6.07) is 18.0. The molecule has 0 unspecified atom stereocenters. The first-order valence-electron chi connectivity index (χ1n) is 7.54. The van der Waals surface area contributed by atoms with Crippen LogP contribution >= 0.6 is 0 Å². The standard InChI is InChI=1S/C19H16N2O/c22-19-17-9-5-4-8-15(17)10-11-16-12-20-21(18(16)19)13-14-6-2-1-3-7-14/h1-9,12H,10-11,13H2. The lowest BCUT2D eigenvalue weighted by Gasteiger charge is -2.08. The van der Waals surface area contributed by atoms with Crippen LogP contribution < -0.4 is 0 Å². The summed E-state index contributed by atoms with van der Waals surface area (Å²) in [5.41, 5.74) is 4.90. The number of carbonyl (C=O) groups is 1. The quantitative estimate of drug-likeness (QED) is 0.725. The molecule has 1 heterocycles. The molecular formula is C19H16N2O. The lowest BCUT2D eigenvalue weighted by Crippen LogP contribution is -2.13. The van der Waals surface area contributed by atoms with Gasteiger partial charge in [0.1, 0.15) is 5.69 Å². The number of nitrogens with zero attached hydrogens (tertiary/aromatic N) is 2. The summed E-state index contributed by atoms with van der Waals surface area (Å²) in [6.45, 7) is 0.629. The van der Waals surface area contributed by atoms with Gasteiger partial charge in [-0.05, 0) is 24.0 Å². The second-order valence-electron chi connectivity index (χ2n) is 5.65. The molecule has 1 aliphatic rings. The van der Waals surface area contributed by atoms with E-state index in [0.29, 0.717) is 6.54 Å². The van der Waals surface area contributed by atoms with Gasteiger partial charge in [-0.3, -0.25) is 9.48 Å². The fourth-order valence-corrected chi connectivity index (χ4v) is 3.10. The second kappa shape index (κ2) is 5.26. The van der Waals surface area contributed by atoms with Crippen molar-refractivity contribution in [3.05, 3.63) is 88.7 Å². The van der Waals surface area contributed by atoms with Gasteiger partial charge in [-0.1, -0.05) is 54.6 Å². The molecule has 0 atom stereocenters. The first kappa shape index (κ1) is 13.0. The molecule has 1 aromatic heterocycles. The SMILES string of the molecule is O=C1c2ccccc2CCc2cnn(Cc3ccccc3)c21. The molecule has 1 aliphatic carbocycles. The van der Waals surface area contributed by atoms with E-state index in [4.69, 9.17) is 0 Å². The summed E-state index contributed by atoms with van der Waals surface area (Å²) in [4.78, 5) is 12.9. The van der Waals surface area contributed by atoms with Crippen LogP contribution in [0.4, 0.5) is 0 Å². The molecule has 3 nitrogen and oxygen atoms in total. The first-order chi connectivity index (χ1) is 10.8. The molecule has 108 valence electrons. The molecule has 2 aromatic carbocycles. The number of benzene rings is 2. The van der Waals surface area contributed by atoms with Gasteiger partial charge in [-0.25, -0.2) is 0 Å². The second-order valence-corrected chi connectivity index (χ2v) is 5.65. The minimum Gasteiger partial charge on any atom is -0.287 e. The third kappa shape index (κ3) is 2.15. The van der Waals surface area contributed by atoms with E-state index in [-0.39, 0.29) is 5.78 Å². The number of hydrogen-bond acceptors (Lipinski definition) is 2. The molecule has 0 saturated heterocycles. The zero-order valence-electron chi connectivity index (χ0n) is 12.2. The van der Waals surface area contributed by atoms with E-state index in [2.05, 4.69) is 17.2 Å². The summed E-state index contributed by atoms with van der Waals surface area (Å²) in [6.07, 6.45) is 3.61. The number of hydrogen-bond donors (Lipinski definition) is 0. The number of aryl methyl sites for hydroxylation is 2. The van der Waals surface area contributed by atoms with Crippen LogP contribution in [0.3, 0.4) is 0 Å². The van der Waals surface area contributed by atoms with E-state index in [0.717, 1.165) is 40.8 Å². The highest BCUT2D eigenvalue weighted by molar-refractivity contribution is 6.10. The van der Waals surface area contributed by atoms with Crippen molar-refractivity contribution in [2.45, 2.75) is 19.4 Å². The monoisotopic (exact) mass is 288 g/mol. The van der Waals surface area contributed by atoms with Crippen LogP contribution in [0.5, 0.6) is 0 Å². The van der Waals surface area contributed by atoms with Gasteiger partial charge < -0.3 is 0 Å². The summed E-state index contributed by atoms with van der Waals surface area (Å²) < 4.78 is 1.84. The molecule has 0 amide bonds. The topological polar surface area (TPSA) is 34.9 Å². The maximum Gasteiger partial charge on any atom is 0.211 e. The van der Waals surface area contributed by atoms with Crippen molar-refractivity contribution in [1.82, 2.24) is 9.78 Å². The Bertz CT molecular complexity index is 834. The molecule has 0 N–H and O–H groups in total. The van der Waals surface area contributed by atoms with Crippen LogP contribution in [0.15, 0.2) is 60.8 Å². The molecule has 0 aliphatic heterocycles. The van der Waals surface area contributed by atoms with Crippen molar-refractivity contribution in [2.75, 3.05) is 0 Å². The lowest BCUT2D eigenvalue weighted by atomic mass is 10.0. The van der Waals surface area contributed by atoms with Crippen LogP contribution in [0.1, 0.15) is 32.7 Å². The molecule has 4 rings (SSSR count). The average Bonchev–Trinajstić information content (AvgIpc) is 2.89. The minimum atomic E-state index is 0.0940. The Hall–Kier alpha value is -2.68. The van der Waals surface area contributed by atoms with Gasteiger partial charge in [-0.2, -0.15) is 5.10 Å². The maximum atomic E-state index is 12.9. The van der Waals surface area contributed by atoms with E-state index >= 15 is 0 Å². The number of ketones is 1. The zero-order valence-corrected chi connectivity index (χ0v) is 12.2. The van der Waals surface area contributed by atoms with Gasteiger partial charge in [0.05, 0.1) is 12.7 Å². The Labute approximate surface area is 129 Å². The first-order valence-corrected chi connectivity index (χ1v) is 7.54. The van der Waals surface area contributed by atoms with Crippen molar-refractivity contribution >= 4 is 5.78 Å². The summed E-state index contributed by atoms with van der Waals surface area (Å²) in [7, 11) is 0. The van der Waals surface area contributed by atoms with Crippen molar-refractivity contribution < 1.29 is 4.79 Å². The Kier molecular flexibility index (Phi) is 3.11. The zero-order chi connectivity index (χ0) is 14.9. The van der Waals surface area contributed by atoms with Gasteiger partial charge in [-0.15, -0.1) is 0 Å². The molecule has 3 aromatic rings. The van der Waals surface area contributed by atoms with Crippen LogP contribution in [-0.2, 0) is 19.4 Å². The lowest BCUT2D eigenvalue weighted by molar-refractivity contribution is 0.102. The molecule has 22 heavy (non-hydrogen) atoms. The van der Waals surface area contributed by atoms with Crippen LogP contribution in [-0.4, -0.2) is 15.6 Å². The van der Waals surface area contributed by atoms with Crippen LogP contribution in [0.25, 0.3) is 0 Å². The number of carbonyl (C=O) groups excluding carboxylic acids is 1. The van der Waals surface area contributed by atoms with E-state index in [1.54, 1.807) is 0 Å². The number of rotatable bonds is 2. The highest BCUT2D eigenvalue weighted by atomic mass is 16.1. The van der Waals surface area contributed by atoms with Crippen molar-refractivity contribution in [3.8, 4) is 0 Å². The molecule has 0 radical (unpaired) electrons. The molecule has 0 bridgehead atoms. The van der Waals surface area contributed by atoms with Gasteiger partial charge in [0.25, 0.3) is 0 Å². The Balaban J connectivity index is 1.78. The van der Waals surface area contributed by atoms with E-state index in [1.807, 2.05) is 53.3 Å². The van der Waals surface area contributed by atoms with E-state index < -0.39 is 0 Å². The van der Waals surface area contributed by atoms with Crippen molar-refractivity contribution in [1.29, 1.82) is 0 Å². The summed E-state index contributed by atoms with van der Waals surface area (Å²) in [5.74, 6) is 0.0940. The summed E-state index contributed by atoms with van der Waals surface area (Å²) in [5, 5.41) is 4.45. The van der Waals surface area contributed by atoms with Crippen molar-refractivity contribution in [3.63, 3.8) is 0 Å². The summed E-state index contributed by atoms with van der Waals surface area (Å²) >= 11 is 0. The Morgan fingerprint density at radius 1 is 0.909 bits per heavy atom. The third-order valence-electron chi connectivity index (χ3n) is 4.23. The normalized spacial score (nSPS) is 13.4. The van der Waals surface area contributed by atoms with Gasteiger partial charge in [0.15, 0.2) is 0 Å².